The van der Waals surface area contributed by atoms with Crippen molar-refractivity contribution in [1.82, 2.24) is 0 Å². The monoisotopic (exact) mass is 192 g/mol. The summed E-state index contributed by atoms with van der Waals surface area (Å²) in [5.41, 5.74) is 0. The molecule has 0 bridgehead atoms. The third-order valence-electron chi connectivity index (χ3n) is 1.62. The Morgan fingerprint density at radius 3 is 2.00 bits per heavy atom. The van der Waals surface area contributed by atoms with E-state index < -0.39 is 24.0 Å². The summed E-state index contributed by atoms with van der Waals surface area (Å²) in [7, 11) is 0. The summed E-state index contributed by atoms with van der Waals surface area (Å²) in [6.45, 7) is -0.344. The van der Waals surface area contributed by atoms with Crippen molar-refractivity contribution in [3.8, 4) is 0 Å². The Hall–Kier alpha value is -1.14. The first-order chi connectivity index (χ1) is 5.99. The zero-order valence-corrected chi connectivity index (χ0v) is 6.88. The van der Waals surface area contributed by atoms with Crippen LogP contribution in [0.5, 0.6) is 0 Å². The third-order valence-corrected chi connectivity index (χ3v) is 1.62. The zero-order chi connectivity index (χ0) is 10.4. The van der Waals surface area contributed by atoms with Crippen LogP contribution in [0.1, 0.15) is 12.8 Å². The third kappa shape index (κ3) is 4.44. The first kappa shape index (κ1) is 11.9. The molecule has 0 aliphatic carbocycles. The quantitative estimate of drug-likeness (QED) is 0.425. The average Bonchev–Trinajstić information content (AvgIpc) is 2.03. The number of aliphatic carboxylic acids is 2. The first-order valence-corrected chi connectivity index (χ1v) is 3.73. The highest BCUT2D eigenvalue weighted by Crippen LogP contribution is 2.11. The standard InChI is InChI=1S/C7H12O6/c8-2-1-4(6(10)11)3-5(9)7(12)13/h4-5,8-9H,1-3H2,(H,10,11)(H,12,13). The van der Waals surface area contributed by atoms with Gasteiger partial charge in [-0.15, -0.1) is 0 Å². The second kappa shape index (κ2) is 5.50. The molecule has 0 heterocycles. The van der Waals surface area contributed by atoms with Crippen molar-refractivity contribution < 1.29 is 30.0 Å². The molecule has 0 saturated carbocycles. The van der Waals surface area contributed by atoms with Crippen molar-refractivity contribution >= 4 is 11.9 Å². The Morgan fingerprint density at radius 1 is 1.15 bits per heavy atom. The smallest absolute Gasteiger partial charge is 0.332 e. The van der Waals surface area contributed by atoms with Gasteiger partial charge in [0.1, 0.15) is 0 Å². The molecule has 0 rings (SSSR count). The molecule has 13 heavy (non-hydrogen) atoms. The SMILES string of the molecule is O=C(O)C(O)CC(CCO)C(=O)O. The van der Waals surface area contributed by atoms with Gasteiger partial charge in [-0.3, -0.25) is 4.79 Å². The van der Waals surface area contributed by atoms with E-state index in [2.05, 4.69) is 0 Å². The maximum absolute atomic E-state index is 10.4. The van der Waals surface area contributed by atoms with Gasteiger partial charge in [0.15, 0.2) is 6.10 Å². The Kier molecular flexibility index (Phi) is 5.01. The summed E-state index contributed by atoms with van der Waals surface area (Å²) in [4.78, 5) is 20.6. The summed E-state index contributed by atoms with van der Waals surface area (Å²) < 4.78 is 0. The molecule has 6 heteroatoms. The number of carboxylic acids is 2. The van der Waals surface area contributed by atoms with Crippen LogP contribution in [0, 0.1) is 5.92 Å². The molecule has 2 atom stereocenters. The van der Waals surface area contributed by atoms with E-state index >= 15 is 0 Å². The van der Waals surface area contributed by atoms with E-state index in [1.54, 1.807) is 0 Å². The summed E-state index contributed by atoms with van der Waals surface area (Å²) in [6, 6.07) is 0. The fourth-order valence-corrected chi connectivity index (χ4v) is 0.868. The van der Waals surface area contributed by atoms with Crippen LogP contribution in [0.4, 0.5) is 0 Å². The van der Waals surface area contributed by atoms with Gasteiger partial charge in [0, 0.05) is 6.61 Å². The molecular weight excluding hydrogens is 180 g/mol. The van der Waals surface area contributed by atoms with Crippen LogP contribution in [0.25, 0.3) is 0 Å². The number of rotatable bonds is 6. The number of hydrogen-bond donors (Lipinski definition) is 4. The van der Waals surface area contributed by atoms with Crippen LogP contribution in [0.3, 0.4) is 0 Å². The molecule has 6 nitrogen and oxygen atoms in total. The summed E-state index contributed by atoms with van der Waals surface area (Å²) in [5.74, 6) is -3.69. The molecular formula is C7H12O6. The van der Waals surface area contributed by atoms with E-state index in [-0.39, 0.29) is 19.4 Å². The number of carbonyl (C=O) groups is 2. The van der Waals surface area contributed by atoms with Gasteiger partial charge < -0.3 is 20.4 Å². The van der Waals surface area contributed by atoms with Gasteiger partial charge in [-0.05, 0) is 12.8 Å². The van der Waals surface area contributed by atoms with E-state index in [9.17, 15) is 9.59 Å². The fraction of sp³-hybridized carbons (Fsp3) is 0.714. The highest BCUT2D eigenvalue weighted by Gasteiger charge is 2.24. The summed E-state index contributed by atoms with van der Waals surface area (Å²) in [5, 5.41) is 34.1. The molecule has 0 saturated heterocycles. The molecule has 0 aliphatic heterocycles. The predicted molar refractivity (Wildman–Crippen MR) is 41.1 cm³/mol. The van der Waals surface area contributed by atoms with Gasteiger partial charge in [0.25, 0.3) is 0 Å². The molecule has 4 N–H and O–H groups in total. The minimum absolute atomic E-state index is 0.0559. The minimum atomic E-state index is -1.69. The maximum atomic E-state index is 10.4. The van der Waals surface area contributed by atoms with Gasteiger partial charge in [-0.2, -0.15) is 0 Å². The second-order valence-corrected chi connectivity index (χ2v) is 2.64. The Bertz CT molecular complexity index is 189. The highest BCUT2D eigenvalue weighted by molar-refractivity contribution is 5.74. The molecule has 76 valence electrons. The number of aliphatic hydroxyl groups is 2. The lowest BCUT2D eigenvalue weighted by atomic mass is 9.98. The molecule has 0 aromatic heterocycles. The zero-order valence-electron chi connectivity index (χ0n) is 6.88. The fourth-order valence-electron chi connectivity index (χ4n) is 0.868. The van der Waals surface area contributed by atoms with E-state index in [0.717, 1.165) is 0 Å². The van der Waals surface area contributed by atoms with E-state index in [1.165, 1.54) is 0 Å². The Balaban J connectivity index is 4.09. The van der Waals surface area contributed by atoms with Crippen molar-refractivity contribution in [1.29, 1.82) is 0 Å². The van der Waals surface area contributed by atoms with Gasteiger partial charge in [-0.25, -0.2) is 4.79 Å². The maximum Gasteiger partial charge on any atom is 0.332 e. The molecule has 0 aliphatic rings. The molecule has 0 radical (unpaired) electrons. The van der Waals surface area contributed by atoms with Gasteiger partial charge in [-0.1, -0.05) is 0 Å². The van der Waals surface area contributed by atoms with Crippen molar-refractivity contribution in [3.63, 3.8) is 0 Å². The lowest BCUT2D eigenvalue weighted by Crippen LogP contribution is -2.27. The van der Waals surface area contributed by atoms with Crippen LogP contribution in [-0.4, -0.2) is 45.1 Å². The molecule has 0 fully saturated rings. The lowest BCUT2D eigenvalue weighted by molar-refractivity contribution is -0.150. The topological polar surface area (TPSA) is 115 Å². The largest absolute Gasteiger partial charge is 0.481 e. The van der Waals surface area contributed by atoms with Crippen LogP contribution in [0.15, 0.2) is 0 Å². The first-order valence-electron chi connectivity index (χ1n) is 3.73. The van der Waals surface area contributed by atoms with Crippen molar-refractivity contribution in [2.24, 2.45) is 5.92 Å². The summed E-state index contributed by atoms with van der Waals surface area (Å²) >= 11 is 0. The normalized spacial score (nSPS) is 14.9. The molecule has 0 aromatic rings. The van der Waals surface area contributed by atoms with Crippen molar-refractivity contribution in [2.45, 2.75) is 18.9 Å². The summed E-state index contributed by atoms with van der Waals surface area (Å²) in [6.07, 6.45) is -2.13. The molecule has 0 amide bonds. The second-order valence-electron chi connectivity index (χ2n) is 2.64. The van der Waals surface area contributed by atoms with Crippen LogP contribution < -0.4 is 0 Å². The van der Waals surface area contributed by atoms with Gasteiger partial charge in [0.05, 0.1) is 5.92 Å². The van der Waals surface area contributed by atoms with Crippen LogP contribution >= 0.6 is 0 Å². The lowest BCUT2D eigenvalue weighted by Gasteiger charge is -2.12. The highest BCUT2D eigenvalue weighted by atomic mass is 16.4. The van der Waals surface area contributed by atoms with Crippen molar-refractivity contribution in [2.75, 3.05) is 6.61 Å². The van der Waals surface area contributed by atoms with Crippen LogP contribution in [-0.2, 0) is 9.59 Å². The Labute approximate surface area is 74.4 Å². The molecule has 0 spiro atoms. The van der Waals surface area contributed by atoms with E-state index in [4.69, 9.17) is 20.4 Å². The van der Waals surface area contributed by atoms with Crippen LogP contribution in [0.2, 0.25) is 0 Å². The van der Waals surface area contributed by atoms with Gasteiger partial charge >= 0.3 is 11.9 Å². The van der Waals surface area contributed by atoms with Crippen molar-refractivity contribution in [3.05, 3.63) is 0 Å². The molecule has 0 aromatic carbocycles. The minimum Gasteiger partial charge on any atom is -0.481 e. The molecule has 2 unspecified atom stereocenters. The van der Waals surface area contributed by atoms with E-state index in [0.29, 0.717) is 0 Å². The number of carboxylic acid groups (broad SMARTS) is 2. The van der Waals surface area contributed by atoms with Gasteiger partial charge in [0.2, 0.25) is 0 Å². The number of aliphatic hydroxyl groups excluding tert-OH is 2. The predicted octanol–water partition coefficient (Wildman–Crippen LogP) is -1.09. The number of hydrogen-bond acceptors (Lipinski definition) is 4. The Morgan fingerprint density at radius 2 is 1.69 bits per heavy atom. The van der Waals surface area contributed by atoms with E-state index in [1.807, 2.05) is 0 Å². The average molecular weight is 192 g/mol.